The molecule has 0 unspecified atom stereocenters. The number of hydrogen-bond acceptors (Lipinski definition) is 6. The number of carbonyl (C=O) groups is 2. The second-order valence-corrected chi connectivity index (χ2v) is 4.37. The average Bonchev–Trinajstić information content (AvgIpc) is 2.42. The van der Waals surface area contributed by atoms with Crippen molar-refractivity contribution in [3.63, 3.8) is 0 Å². The molecule has 4 N–H and O–H groups in total. The summed E-state index contributed by atoms with van der Waals surface area (Å²) in [4.78, 5) is 24.5. The molecule has 6 nitrogen and oxygen atoms in total. The van der Waals surface area contributed by atoms with Gasteiger partial charge in [-0.05, 0) is 24.3 Å². The normalized spacial score (nSPS) is 13.0. The number of ketones is 2. The Morgan fingerprint density at radius 2 is 0.950 bits per heavy atom. The fraction of sp³-hybridized carbons (Fsp3) is 0. The lowest BCUT2D eigenvalue weighted by atomic mass is 9.83. The fourth-order valence-corrected chi connectivity index (χ4v) is 2.27. The topological polar surface area (TPSA) is 115 Å². The molecule has 3 rings (SSSR count). The average molecular weight is 272 g/mol. The maximum Gasteiger partial charge on any atom is 0.198 e. The van der Waals surface area contributed by atoms with Gasteiger partial charge in [-0.1, -0.05) is 0 Å². The van der Waals surface area contributed by atoms with Crippen molar-refractivity contribution in [2.45, 2.75) is 0 Å². The van der Waals surface area contributed by atoms with Gasteiger partial charge in [-0.3, -0.25) is 9.59 Å². The Balaban J connectivity index is 2.40. The highest BCUT2D eigenvalue weighted by molar-refractivity contribution is 6.30. The molecule has 0 radical (unpaired) electrons. The number of aromatic hydroxyl groups is 4. The molecular formula is C14H8O6. The molecule has 0 aromatic heterocycles. The van der Waals surface area contributed by atoms with E-state index in [1.54, 1.807) is 0 Å². The molecule has 1 aliphatic rings. The van der Waals surface area contributed by atoms with Crippen LogP contribution in [0.3, 0.4) is 0 Å². The van der Waals surface area contributed by atoms with Crippen LogP contribution in [0.15, 0.2) is 24.3 Å². The zero-order chi connectivity index (χ0) is 14.6. The molecule has 0 spiro atoms. The molecule has 2 aromatic rings. The predicted octanol–water partition coefficient (Wildman–Crippen LogP) is 1.28. The zero-order valence-corrected chi connectivity index (χ0v) is 9.91. The van der Waals surface area contributed by atoms with Crippen molar-refractivity contribution in [1.29, 1.82) is 0 Å². The van der Waals surface area contributed by atoms with Crippen molar-refractivity contribution in [2.75, 3.05) is 0 Å². The van der Waals surface area contributed by atoms with Gasteiger partial charge in [0, 0.05) is 11.1 Å². The molecule has 1 aliphatic carbocycles. The minimum Gasteiger partial charge on any atom is -0.504 e. The SMILES string of the molecule is O=C1c2ccc(O)c(O)c2C(=O)c2ccc(O)c(O)c21. The van der Waals surface area contributed by atoms with Crippen LogP contribution in [0.4, 0.5) is 0 Å². The van der Waals surface area contributed by atoms with Crippen molar-refractivity contribution in [3.05, 3.63) is 46.5 Å². The van der Waals surface area contributed by atoms with E-state index in [4.69, 9.17) is 0 Å². The molecule has 2 aromatic carbocycles. The first-order valence-electron chi connectivity index (χ1n) is 5.62. The first-order chi connectivity index (χ1) is 9.43. The Kier molecular flexibility index (Phi) is 2.25. The maximum absolute atomic E-state index is 12.3. The van der Waals surface area contributed by atoms with Crippen molar-refractivity contribution in [3.8, 4) is 23.0 Å². The van der Waals surface area contributed by atoms with Crippen LogP contribution >= 0.6 is 0 Å². The van der Waals surface area contributed by atoms with Crippen LogP contribution in [0.25, 0.3) is 0 Å². The molecule has 20 heavy (non-hydrogen) atoms. The van der Waals surface area contributed by atoms with E-state index in [2.05, 4.69) is 0 Å². The summed E-state index contributed by atoms with van der Waals surface area (Å²) in [5, 5.41) is 38.3. The lowest BCUT2D eigenvalue weighted by molar-refractivity contribution is 0.0973. The van der Waals surface area contributed by atoms with Gasteiger partial charge in [-0.2, -0.15) is 0 Å². The van der Waals surface area contributed by atoms with Crippen molar-refractivity contribution in [2.24, 2.45) is 0 Å². The number of rotatable bonds is 0. The summed E-state index contributed by atoms with van der Waals surface area (Å²) in [6.07, 6.45) is 0. The molecule has 0 heterocycles. The molecule has 0 aliphatic heterocycles. The van der Waals surface area contributed by atoms with Crippen LogP contribution in [0.5, 0.6) is 23.0 Å². The molecule has 0 bridgehead atoms. The van der Waals surface area contributed by atoms with E-state index in [9.17, 15) is 30.0 Å². The van der Waals surface area contributed by atoms with E-state index in [1.165, 1.54) is 12.1 Å². The predicted molar refractivity (Wildman–Crippen MR) is 66.4 cm³/mol. The Morgan fingerprint density at radius 1 is 0.600 bits per heavy atom. The smallest absolute Gasteiger partial charge is 0.198 e. The molecule has 0 amide bonds. The third kappa shape index (κ3) is 1.33. The van der Waals surface area contributed by atoms with Crippen LogP contribution in [0, 0.1) is 0 Å². The summed E-state index contributed by atoms with van der Waals surface area (Å²) in [5.41, 5.74) is -0.905. The lowest BCUT2D eigenvalue weighted by Gasteiger charge is -2.19. The highest BCUT2D eigenvalue weighted by atomic mass is 16.3. The standard InChI is InChI=1S/C14H8O6/c15-7-3-1-5-9(13(7)19)12(18)6-2-4-8(16)14(20)10(6)11(5)17/h1-4,15-16,19-20H. The minimum absolute atomic E-state index is 0.140. The number of carbonyl (C=O) groups excluding carboxylic acids is 2. The fourth-order valence-electron chi connectivity index (χ4n) is 2.27. The van der Waals surface area contributed by atoms with E-state index < -0.39 is 34.6 Å². The Labute approximate surface area is 112 Å². The van der Waals surface area contributed by atoms with E-state index in [0.717, 1.165) is 12.1 Å². The van der Waals surface area contributed by atoms with Gasteiger partial charge >= 0.3 is 0 Å². The van der Waals surface area contributed by atoms with Crippen LogP contribution in [0.2, 0.25) is 0 Å². The first kappa shape index (κ1) is 12.0. The second kappa shape index (κ2) is 3.74. The van der Waals surface area contributed by atoms with Gasteiger partial charge in [0.05, 0.1) is 11.1 Å². The second-order valence-electron chi connectivity index (χ2n) is 4.37. The highest BCUT2D eigenvalue weighted by Gasteiger charge is 2.35. The Bertz CT molecular complexity index is 723. The van der Waals surface area contributed by atoms with E-state index in [-0.39, 0.29) is 22.3 Å². The quantitative estimate of drug-likeness (QED) is 0.458. The summed E-state index contributed by atoms with van der Waals surface area (Å²) >= 11 is 0. The summed E-state index contributed by atoms with van der Waals surface area (Å²) < 4.78 is 0. The number of phenolic OH excluding ortho intramolecular Hbond substituents is 4. The first-order valence-corrected chi connectivity index (χ1v) is 5.62. The van der Waals surface area contributed by atoms with Gasteiger partial charge in [-0.25, -0.2) is 0 Å². The Morgan fingerprint density at radius 3 is 1.30 bits per heavy atom. The Hall–Kier alpha value is -3.02. The number of hydrogen-bond donors (Lipinski definition) is 4. The molecule has 0 fully saturated rings. The number of fused-ring (bicyclic) bond motifs is 2. The van der Waals surface area contributed by atoms with Crippen LogP contribution in [0.1, 0.15) is 31.8 Å². The van der Waals surface area contributed by atoms with Gasteiger partial charge in [0.2, 0.25) is 0 Å². The number of benzene rings is 2. The van der Waals surface area contributed by atoms with Gasteiger partial charge in [-0.15, -0.1) is 0 Å². The minimum atomic E-state index is -0.710. The van der Waals surface area contributed by atoms with Crippen molar-refractivity contribution in [1.82, 2.24) is 0 Å². The van der Waals surface area contributed by atoms with E-state index in [1.807, 2.05) is 0 Å². The van der Waals surface area contributed by atoms with E-state index >= 15 is 0 Å². The van der Waals surface area contributed by atoms with Crippen molar-refractivity contribution >= 4 is 11.6 Å². The molecular weight excluding hydrogens is 264 g/mol. The third-order valence-electron chi connectivity index (χ3n) is 3.26. The van der Waals surface area contributed by atoms with Crippen LogP contribution in [-0.4, -0.2) is 32.0 Å². The van der Waals surface area contributed by atoms with Gasteiger partial charge < -0.3 is 20.4 Å². The van der Waals surface area contributed by atoms with Gasteiger partial charge in [0.1, 0.15) is 0 Å². The summed E-state index contributed by atoms with van der Waals surface area (Å²) in [6.45, 7) is 0. The van der Waals surface area contributed by atoms with Gasteiger partial charge in [0.15, 0.2) is 34.6 Å². The number of phenols is 4. The van der Waals surface area contributed by atoms with Crippen LogP contribution < -0.4 is 0 Å². The maximum atomic E-state index is 12.3. The molecule has 0 atom stereocenters. The monoisotopic (exact) mass is 272 g/mol. The largest absolute Gasteiger partial charge is 0.504 e. The summed E-state index contributed by atoms with van der Waals surface area (Å²) in [5.74, 6) is -3.82. The zero-order valence-electron chi connectivity index (χ0n) is 9.91. The molecule has 0 saturated heterocycles. The lowest BCUT2D eigenvalue weighted by Crippen LogP contribution is -2.21. The van der Waals surface area contributed by atoms with Crippen molar-refractivity contribution < 1.29 is 30.0 Å². The highest BCUT2D eigenvalue weighted by Crippen LogP contribution is 2.42. The molecule has 100 valence electrons. The van der Waals surface area contributed by atoms with E-state index in [0.29, 0.717) is 0 Å². The third-order valence-corrected chi connectivity index (χ3v) is 3.26. The van der Waals surface area contributed by atoms with Crippen LogP contribution in [-0.2, 0) is 0 Å². The summed E-state index contributed by atoms with van der Waals surface area (Å²) in [6, 6.07) is 4.50. The summed E-state index contributed by atoms with van der Waals surface area (Å²) in [7, 11) is 0. The molecule has 0 saturated carbocycles. The van der Waals surface area contributed by atoms with Gasteiger partial charge in [0.25, 0.3) is 0 Å². The molecule has 6 heteroatoms.